The Bertz CT molecular complexity index is 1510. The molecule has 0 unspecified atom stereocenters. The average Bonchev–Trinajstić information content (AvgIpc) is 2.92. The minimum absolute atomic E-state index is 0.00393. The number of hydrogen-bond acceptors (Lipinski definition) is 7. The molecule has 212 valence electrons. The molecule has 0 aliphatic heterocycles. The fourth-order valence-electron chi connectivity index (χ4n) is 3.66. The Balaban J connectivity index is 1.62. The standard InChI is InChI=1S/C27H25FN6O7/c28-22-13-21(41-26(40)18-4-8-20(9-5-18)31-27(29)32-33-30)10-6-17(22)7-11-23(35)34(15-24(36)37)14-16-2-1-3-19(12-16)25(38)39/h1-6,8-10,12-13H,7,11,14-15H2,(H,36,37)(H,38,39)(H4,29,30,31,32). The summed E-state index contributed by atoms with van der Waals surface area (Å²) in [6.45, 7) is -0.754. The van der Waals surface area contributed by atoms with E-state index in [9.17, 15) is 28.7 Å². The SMILES string of the molecule is NN=NC(N)=Nc1ccc(C(=O)Oc2ccc(CCC(=O)N(CC(=O)O)Cc3cccc(C(=O)O)c3)c(F)c2)cc1. The number of halogens is 1. The molecule has 0 aliphatic carbocycles. The second kappa shape index (κ2) is 13.9. The van der Waals surface area contributed by atoms with Crippen LogP contribution in [0.2, 0.25) is 0 Å². The highest BCUT2D eigenvalue weighted by molar-refractivity contribution is 5.91. The number of aryl methyl sites for hydroxylation is 1. The number of carbonyl (C=O) groups excluding carboxylic acids is 2. The van der Waals surface area contributed by atoms with Crippen molar-refractivity contribution < 1.29 is 38.5 Å². The molecular formula is C27H25FN6O7. The van der Waals surface area contributed by atoms with E-state index in [1.54, 1.807) is 6.07 Å². The molecule has 0 fully saturated rings. The quantitative estimate of drug-likeness (QED) is 0.0512. The predicted molar refractivity (Wildman–Crippen MR) is 143 cm³/mol. The molecule has 14 heteroatoms. The van der Waals surface area contributed by atoms with Gasteiger partial charge in [0.1, 0.15) is 18.1 Å². The lowest BCUT2D eigenvalue weighted by Crippen LogP contribution is -2.35. The molecule has 0 radical (unpaired) electrons. The van der Waals surface area contributed by atoms with Crippen LogP contribution in [0.25, 0.3) is 0 Å². The summed E-state index contributed by atoms with van der Waals surface area (Å²) in [7, 11) is 0. The first-order valence-electron chi connectivity index (χ1n) is 11.9. The maximum Gasteiger partial charge on any atom is 0.343 e. The third-order valence-electron chi connectivity index (χ3n) is 5.58. The Morgan fingerprint density at radius 1 is 0.951 bits per heavy atom. The van der Waals surface area contributed by atoms with Crippen LogP contribution in [0.15, 0.2) is 82.1 Å². The van der Waals surface area contributed by atoms with E-state index < -0.39 is 36.2 Å². The lowest BCUT2D eigenvalue weighted by molar-refractivity contribution is -0.144. The van der Waals surface area contributed by atoms with Crippen molar-refractivity contribution in [3.63, 3.8) is 0 Å². The van der Waals surface area contributed by atoms with Gasteiger partial charge in [-0.15, -0.1) is 0 Å². The molecule has 3 rings (SSSR count). The van der Waals surface area contributed by atoms with Gasteiger partial charge in [0.2, 0.25) is 11.9 Å². The van der Waals surface area contributed by atoms with Crippen LogP contribution < -0.4 is 16.3 Å². The lowest BCUT2D eigenvalue weighted by Gasteiger charge is -2.21. The van der Waals surface area contributed by atoms with Crippen LogP contribution in [-0.4, -0.2) is 51.4 Å². The highest BCUT2D eigenvalue weighted by atomic mass is 19.1. The summed E-state index contributed by atoms with van der Waals surface area (Å²) in [6, 6.07) is 15.3. The molecule has 0 aromatic heterocycles. The van der Waals surface area contributed by atoms with E-state index in [2.05, 4.69) is 15.3 Å². The Hall–Kier alpha value is -5.66. The third kappa shape index (κ3) is 8.95. The van der Waals surface area contributed by atoms with Crippen LogP contribution in [-0.2, 0) is 22.6 Å². The molecule has 13 nitrogen and oxygen atoms in total. The van der Waals surface area contributed by atoms with Gasteiger partial charge in [-0.1, -0.05) is 28.5 Å². The van der Waals surface area contributed by atoms with Gasteiger partial charge in [0.05, 0.1) is 16.8 Å². The van der Waals surface area contributed by atoms with E-state index in [1.807, 2.05) is 0 Å². The Morgan fingerprint density at radius 3 is 2.32 bits per heavy atom. The number of hydrogen-bond donors (Lipinski definition) is 4. The van der Waals surface area contributed by atoms with Crippen molar-refractivity contribution in [1.29, 1.82) is 0 Å². The number of esters is 1. The van der Waals surface area contributed by atoms with Crippen molar-refractivity contribution in [2.75, 3.05) is 6.54 Å². The van der Waals surface area contributed by atoms with E-state index in [4.69, 9.17) is 21.4 Å². The monoisotopic (exact) mass is 564 g/mol. The molecule has 0 spiro atoms. The average molecular weight is 565 g/mol. The van der Waals surface area contributed by atoms with E-state index in [1.165, 1.54) is 54.6 Å². The van der Waals surface area contributed by atoms with Gasteiger partial charge in [-0.25, -0.2) is 19.0 Å². The smallest absolute Gasteiger partial charge is 0.343 e. The van der Waals surface area contributed by atoms with Gasteiger partial charge in [-0.2, -0.15) is 0 Å². The molecule has 0 saturated carbocycles. The summed E-state index contributed by atoms with van der Waals surface area (Å²) in [5.41, 5.74) is 6.60. The summed E-state index contributed by atoms with van der Waals surface area (Å²) in [6.07, 6.45) is -0.271. The van der Waals surface area contributed by atoms with Gasteiger partial charge in [0, 0.05) is 19.0 Å². The van der Waals surface area contributed by atoms with Crippen LogP contribution in [0.1, 0.15) is 38.3 Å². The van der Waals surface area contributed by atoms with Crippen molar-refractivity contribution >= 4 is 35.5 Å². The zero-order valence-electron chi connectivity index (χ0n) is 21.4. The highest BCUT2D eigenvalue weighted by Gasteiger charge is 2.19. The minimum atomic E-state index is -1.25. The molecule has 3 aromatic rings. The lowest BCUT2D eigenvalue weighted by atomic mass is 10.1. The first kappa shape index (κ1) is 29.9. The number of aromatic carboxylic acids is 1. The number of nitrogens with zero attached hydrogens (tertiary/aromatic N) is 4. The second-order valence-electron chi connectivity index (χ2n) is 8.52. The van der Waals surface area contributed by atoms with Crippen LogP contribution in [0.4, 0.5) is 10.1 Å². The number of aliphatic imine (C=N–C) groups is 1. The summed E-state index contributed by atoms with van der Waals surface area (Å²) < 4.78 is 20.0. The highest BCUT2D eigenvalue weighted by Crippen LogP contribution is 2.21. The maximum atomic E-state index is 14.8. The summed E-state index contributed by atoms with van der Waals surface area (Å²) in [5, 5.41) is 24.7. The fraction of sp³-hybridized carbons (Fsp3) is 0.148. The van der Waals surface area contributed by atoms with Gasteiger partial charge in [0.15, 0.2) is 0 Å². The number of nitrogens with two attached hydrogens (primary N) is 2. The number of ether oxygens (including phenoxy) is 1. The zero-order valence-corrected chi connectivity index (χ0v) is 21.4. The molecular weight excluding hydrogens is 539 g/mol. The molecule has 0 bridgehead atoms. The van der Waals surface area contributed by atoms with E-state index in [-0.39, 0.29) is 47.8 Å². The largest absolute Gasteiger partial charge is 0.480 e. The molecule has 0 heterocycles. The fourth-order valence-corrected chi connectivity index (χ4v) is 3.66. The predicted octanol–water partition coefficient (Wildman–Crippen LogP) is 3.06. The van der Waals surface area contributed by atoms with Gasteiger partial charge in [-0.05, 0) is 60.0 Å². The summed E-state index contributed by atoms with van der Waals surface area (Å²) in [4.78, 5) is 52.7. The van der Waals surface area contributed by atoms with Crippen LogP contribution >= 0.6 is 0 Å². The number of carboxylic acid groups (broad SMARTS) is 2. The van der Waals surface area contributed by atoms with Gasteiger partial charge in [-0.3, -0.25) is 9.59 Å². The van der Waals surface area contributed by atoms with Crippen LogP contribution in [0, 0.1) is 5.82 Å². The normalized spacial score (nSPS) is 11.3. The van der Waals surface area contributed by atoms with Crippen molar-refractivity contribution in [3.8, 4) is 5.75 Å². The van der Waals surface area contributed by atoms with Gasteiger partial charge >= 0.3 is 17.9 Å². The number of benzene rings is 3. The maximum absolute atomic E-state index is 14.8. The Labute approximate surface area is 232 Å². The molecule has 0 saturated heterocycles. The van der Waals surface area contributed by atoms with Crippen LogP contribution in [0.3, 0.4) is 0 Å². The van der Waals surface area contributed by atoms with Crippen LogP contribution in [0.5, 0.6) is 5.75 Å². The Morgan fingerprint density at radius 2 is 1.68 bits per heavy atom. The molecule has 0 aliphatic rings. The van der Waals surface area contributed by atoms with Gasteiger partial charge in [0.25, 0.3) is 0 Å². The van der Waals surface area contributed by atoms with Crippen molar-refractivity contribution in [3.05, 3.63) is 94.8 Å². The first-order valence-corrected chi connectivity index (χ1v) is 11.9. The summed E-state index contributed by atoms with van der Waals surface area (Å²) >= 11 is 0. The van der Waals surface area contributed by atoms with Crippen molar-refractivity contribution in [2.45, 2.75) is 19.4 Å². The number of carboxylic acids is 2. The van der Waals surface area contributed by atoms with Crippen molar-refractivity contribution in [2.24, 2.45) is 26.9 Å². The van der Waals surface area contributed by atoms with E-state index in [0.29, 0.717) is 11.3 Å². The number of amides is 1. The molecule has 1 amide bonds. The minimum Gasteiger partial charge on any atom is -0.480 e. The number of rotatable bonds is 11. The van der Waals surface area contributed by atoms with E-state index >= 15 is 0 Å². The number of aliphatic carboxylic acids is 1. The second-order valence-corrected chi connectivity index (χ2v) is 8.52. The topological polar surface area (TPSA) is 210 Å². The molecule has 0 atom stereocenters. The van der Waals surface area contributed by atoms with Gasteiger partial charge < -0.3 is 31.4 Å². The zero-order chi connectivity index (χ0) is 29.9. The van der Waals surface area contributed by atoms with Crippen molar-refractivity contribution in [1.82, 2.24) is 4.90 Å². The molecule has 3 aromatic carbocycles. The third-order valence-corrected chi connectivity index (χ3v) is 5.58. The summed E-state index contributed by atoms with van der Waals surface area (Å²) in [5.74, 6) is 0.185. The molecule has 41 heavy (non-hydrogen) atoms. The number of guanidine groups is 1. The Kier molecular flexibility index (Phi) is 10.2. The first-order chi connectivity index (χ1) is 19.5. The molecule has 6 N–H and O–H groups in total. The van der Waals surface area contributed by atoms with E-state index in [0.717, 1.165) is 11.0 Å². The number of carbonyl (C=O) groups is 4.